The zero-order valence-corrected chi connectivity index (χ0v) is 15.4. The van der Waals surface area contributed by atoms with Crippen LogP contribution < -0.4 is 5.32 Å². The van der Waals surface area contributed by atoms with Crippen molar-refractivity contribution in [2.45, 2.75) is 39.0 Å². The van der Waals surface area contributed by atoms with Crippen LogP contribution >= 0.6 is 0 Å². The molecule has 0 amide bonds. The van der Waals surface area contributed by atoms with Crippen LogP contribution in [0.1, 0.15) is 49.4 Å². The third-order valence-electron chi connectivity index (χ3n) is 4.88. The first-order valence-corrected chi connectivity index (χ1v) is 9.47. The molecule has 0 atom stereocenters. The number of ether oxygens (including phenoxy) is 1. The van der Waals surface area contributed by atoms with Crippen molar-refractivity contribution in [1.82, 2.24) is 19.6 Å². The number of aromatic nitrogens is 4. The number of hydrogen-bond donors (Lipinski definition) is 1. The van der Waals surface area contributed by atoms with Crippen molar-refractivity contribution < 1.29 is 13.9 Å². The van der Waals surface area contributed by atoms with Crippen LogP contribution in [0.2, 0.25) is 0 Å². The van der Waals surface area contributed by atoms with Gasteiger partial charge in [-0.1, -0.05) is 19.3 Å². The minimum absolute atomic E-state index is 0.283. The monoisotopic (exact) mass is 369 g/mol. The third-order valence-corrected chi connectivity index (χ3v) is 4.88. The van der Waals surface area contributed by atoms with Crippen molar-refractivity contribution in [3.63, 3.8) is 0 Å². The molecule has 0 unspecified atom stereocenters. The minimum atomic E-state index is -0.466. The van der Waals surface area contributed by atoms with Crippen LogP contribution in [0.25, 0.3) is 17.2 Å². The average Bonchev–Trinajstić information content (AvgIpc) is 3.36. The lowest BCUT2D eigenvalue weighted by Crippen LogP contribution is -2.20. The molecule has 142 valence electrons. The molecule has 1 saturated carbocycles. The van der Waals surface area contributed by atoms with Gasteiger partial charge in [0.05, 0.1) is 12.9 Å². The standard InChI is InChI=1S/C19H23N5O3/c1-2-26-18(25)14-12-21-19(20-11-13-7-4-3-5-8-13)24-17(14)22-16(23-24)15-9-6-10-27-15/h6,9-10,12-13H,2-5,7-8,11H2,1H3,(H,20,21). The van der Waals surface area contributed by atoms with Crippen molar-refractivity contribution in [2.24, 2.45) is 5.92 Å². The van der Waals surface area contributed by atoms with E-state index in [2.05, 4.69) is 20.4 Å². The van der Waals surface area contributed by atoms with Gasteiger partial charge in [0, 0.05) is 12.7 Å². The van der Waals surface area contributed by atoms with E-state index in [-0.39, 0.29) is 12.2 Å². The van der Waals surface area contributed by atoms with Gasteiger partial charge >= 0.3 is 5.97 Å². The SMILES string of the molecule is CCOC(=O)c1cnc(NCC2CCCCC2)n2nc(-c3ccco3)nc12. The summed E-state index contributed by atoms with van der Waals surface area (Å²) in [4.78, 5) is 21.2. The molecule has 0 spiro atoms. The maximum Gasteiger partial charge on any atom is 0.343 e. The molecule has 0 bridgehead atoms. The van der Waals surface area contributed by atoms with Gasteiger partial charge in [-0.2, -0.15) is 4.52 Å². The first-order chi connectivity index (χ1) is 13.3. The average molecular weight is 369 g/mol. The Bertz CT molecular complexity index is 913. The molecule has 1 fully saturated rings. The molecule has 0 aromatic carbocycles. The second-order valence-electron chi connectivity index (χ2n) is 6.75. The molecule has 4 rings (SSSR count). The van der Waals surface area contributed by atoms with E-state index in [0.29, 0.717) is 29.1 Å². The smallest absolute Gasteiger partial charge is 0.343 e. The summed E-state index contributed by atoms with van der Waals surface area (Å²) in [5, 5.41) is 7.88. The summed E-state index contributed by atoms with van der Waals surface area (Å²) >= 11 is 0. The lowest BCUT2D eigenvalue weighted by atomic mass is 9.89. The minimum Gasteiger partial charge on any atom is -0.462 e. The van der Waals surface area contributed by atoms with Crippen LogP contribution in [0.15, 0.2) is 29.0 Å². The molecule has 0 radical (unpaired) electrons. The van der Waals surface area contributed by atoms with Crippen molar-refractivity contribution in [3.05, 3.63) is 30.2 Å². The predicted octanol–water partition coefficient (Wildman–Crippen LogP) is 3.55. The van der Waals surface area contributed by atoms with Crippen molar-refractivity contribution in [3.8, 4) is 11.6 Å². The molecule has 1 aliphatic carbocycles. The Balaban J connectivity index is 1.68. The largest absolute Gasteiger partial charge is 0.462 e. The molecule has 1 aliphatic rings. The van der Waals surface area contributed by atoms with Gasteiger partial charge < -0.3 is 14.5 Å². The van der Waals surface area contributed by atoms with E-state index < -0.39 is 5.97 Å². The highest BCUT2D eigenvalue weighted by Gasteiger charge is 2.21. The highest BCUT2D eigenvalue weighted by molar-refractivity contribution is 5.95. The topological polar surface area (TPSA) is 94.5 Å². The van der Waals surface area contributed by atoms with E-state index in [0.717, 1.165) is 6.54 Å². The van der Waals surface area contributed by atoms with Gasteiger partial charge in [0.15, 0.2) is 11.4 Å². The number of furan rings is 1. The molecule has 3 heterocycles. The van der Waals surface area contributed by atoms with Gasteiger partial charge in [0.1, 0.15) is 5.56 Å². The lowest BCUT2D eigenvalue weighted by Gasteiger charge is -2.22. The Hall–Kier alpha value is -2.90. The summed E-state index contributed by atoms with van der Waals surface area (Å²) in [6.45, 7) is 2.88. The summed E-state index contributed by atoms with van der Waals surface area (Å²) < 4.78 is 12.1. The summed E-state index contributed by atoms with van der Waals surface area (Å²) in [6, 6.07) is 3.55. The first-order valence-electron chi connectivity index (χ1n) is 9.47. The van der Waals surface area contributed by atoms with Crippen LogP contribution in [0.3, 0.4) is 0 Å². The Morgan fingerprint density at radius 2 is 2.22 bits per heavy atom. The number of nitrogens with zero attached hydrogens (tertiary/aromatic N) is 4. The van der Waals surface area contributed by atoms with Crippen LogP contribution in [-0.2, 0) is 4.74 Å². The van der Waals surface area contributed by atoms with Gasteiger partial charge in [-0.25, -0.2) is 14.8 Å². The van der Waals surface area contributed by atoms with Gasteiger partial charge in [-0.3, -0.25) is 0 Å². The molecule has 0 saturated heterocycles. The van der Waals surface area contributed by atoms with Crippen LogP contribution in [0.4, 0.5) is 5.95 Å². The molecule has 8 heteroatoms. The van der Waals surface area contributed by atoms with E-state index in [1.807, 2.05) is 0 Å². The van der Waals surface area contributed by atoms with Gasteiger partial charge in [0.2, 0.25) is 11.8 Å². The molecule has 27 heavy (non-hydrogen) atoms. The molecule has 3 aromatic rings. The van der Waals surface area contributed by atoms with E-state index in [1.54, 1.807) is 29.8 Å². The Morgan fingerprint density at radius 3 is 2.96 bits per heavy atom. The number of carbonyl (C=O) groups excluding carboxylic acids is 1. The van der Waals surface area contributed by atoms with Crippen LogP contribution in [0.5, 0.6) is 0 Å². The molecule has 3 aromatic heterocycles. The van der Waals surface area contributed by atoms with E-state index in [9.17, 15) is 4.79 Å². The van der Waals surface area contributed by atoms with Gasteiger partial charge in [-0.15, -0.1) is 5.10 Å². The van der Waals surface area contributed by atoms with Crippen molar-refractivity contribution in [1.29, 1.82) is 0 Å². The highest BCUT2D eigenvalue weighted by atomic mass is 16.5. The molecular formula is C19H23N5O3. The number of nitrogens with one attached hydrogen (secondary N) is 1. The Morgan fingerprint density at radius 1 is 1.37 bits per heavy atom. The maximum atomic E-state index is 12.3. The number of hydrogen-bond acceptors (Lipinski definition) is 7. The third kappa shape index (κ3) is 3.65. The lowest BCUT2D eigenvalue weighted by molar-refractivity contribution is 0.0527. The maximum absolute atomic E-state index is 12.3. The van der Waals surface area contributed by atoms with Gasteiger partial charge in [-0.05, 0) is 37.8 Å². The number of esters is 1. The Kier molecular flexibility index (Phi) is 5.04. The summed E-state index contributed by atoms with van der Waals surface area (Å²) in [6.07, 6.45) is 9.40. The summed E-state index contributed by atoms with van der Waals surface area (Å²) in [7, 11) is 0. The molecule has 1 N–H and O–H groups in total. The quantitative estimate of drug-likeness (QED) is 0.664. The van der Waals surface area contributed by atoms with Crippen LogP contribution in [-0.4, -0.2) is 38.7 Å². The second kappa shape index (κ2) is 7.77. The number of fused-ring (bicyclic) bond motifs is 1. The van der Waals surface area contributed by atoms with Crippen molar-refractivity contribution in [2.75, 3.05) is 18.5 Å². The van der Waals surface area contributed by atoms with E-state index >= 15 is 0 Å². The number of anilines is 1. The fraction of sp³-hybridized carbons (Fsp3) is 0.474. The van der Waals surface area contributed by atoms with Crippen LogP contribution in [0, 0.1) is 5.92 Å². The highest BCUT2D eigenvalue weighted by Crippen LogP contribution is 2.25. The summed E-state index contributed by atoms with van der Waals surface area (Å²) in [5.41, 5.74) is 0.686. The number of rotatable bonds is 6. The van der Waals surface area contributed by atoms with E-state index in [4.69, 9.17) is 9.15 Å². The molecular weight excluding hydrogens is 346 g/mol. The first kappa shape index (κ1) is 17.5. The fourth-order valence-corrected chi connectivity index (χ4v) is 3.48. The second-order valence-corrected chi connectivity index (χ2v) is 6.75. The normalized spacial score (nSPS) is 15.1. The zero-order chi connectivity index (χ0) is 18.6. The zero-order valence-electron chi connectivity index (χ0n) is 15.4. The number of carbonyl (C=O) groups is 1. The predicted molar refractivity (Wildman–Crippen MR) is 99.5 cm³/mol. The molecule has 0 aliphatic heterocycles. The molecule has 8 nitrogen and oxygen atoms in total. The van der Waals surface area contributed by atoms with Gasteiger partial charge in [0.25, 0.3) is 0 Å². The fourth-order valence-electron chi connectivity index (χ4n) is 3.48. The Labute approximate surface area is 156 Å². The van der Waals surface area contributed by atoms with Crippen molar-refractivity contribution >= 4 is 17.6 Å². The summed E-state index contributed by atoms with van der Waals surface area (Å²) in [5.74, 6) is 1.67. The van der Waals surface area contributed by atoms with E-state index in [1.165, 1.54) is 38.3 Å².